The topological polar surface area (TPSA) is 6.48 Å². The van der Waals surface area contributed by atoms with Crippen LogP contribution in [0.2, 0.25) is 0 Å². The van der Waals surface area contributed by atoms with Gasteiger partial charge < -0.3 is 4.90 Å². The first-order chi connectivity index (χ1) is 8.24. The van der Waals surface area contributed by atoms with Crippen molar-refractivity contribution in [3.63, 3.8) is 0 Å². The molecule has 2 fully saturated rings. The molecule has 2 heteroatoms. The van der Waals surface area contributed by atoms with Gasteiger partial charge in [0.05, 0.1) is 0 Å². The molecule has 2 rings (SSSR count). The highest BCUT2D eigenvalue weighted by molar-refractivity contribution is 4.88. The second-order valence-electron chi connectivity index (χ2n) is 6.11. The van der Waals surface area contributed by atoms with E-state index in [2.05, 4.69) is 30.6 Å². The third kappa shape index (κ3) is 3.23. The van der Waals surface area contributed by atoms with Crippen molar-refractivity contribution in [3.8, 4) is 0 Å². The van der Waals surface area contributed by atoms with Crippen molar-refractivity contribution in [2.45, 2.75) is 65.0 Å². The maximum atomic E-state index is 2.76. The van der Waals surface area contributed by atoms with E-state index >= 15 is 0 Å². The highest BCUT2D eigenvalue weighted by Gasteiger charge is 2.32. The first-order valence-electron chi connectivity index (χ1n) is 7.72. The third-order valence-electron chi connectivity index (χ3n) is 4.95. The monoisotopic (exact) mass is 238 g/mol. The summed E-state index contributed by atoms with van der Waals surface area (Å²) >= 11 is 0. The van der Waals surface area contributed by atoms with Crippen molar-refractivity contribution < 1.29 is 0 Å². The van der Waals surface area contributed by atoms with Crippen molar-refractivity contribution >= 4 is 0 Å². The normalized spacial score (nSPS) is 33.4. The largest absolute Gasteiger partial charge is 0.302 e. The van der Waals surface area contributed by atoms with Crippen LogP contribution >= 0.6 is 0 Å². The summed E-state index contributed by atoms with van der Waals surface area (Å²) in [5.74, 6) is 0.959. The molecule has 2 aliphatic heterocycles. The molecule has 0 radical (unpaired) electrons. The smallest absolute Gasteiger partial charge is 0.0226 e. The van der Waals surface area contributed by atoms with Crippen molar-refractivity contribution in [1.82, 2.24) is 9.80 Å². The predicted molar refractivity (Wildman–Crippen MR) is 74.3 cm³/mol. The highest BCUT2D eigenvalue weighted by atomic mass is 15.3. The quantitative estimate of drug-likeness (QED) is 0.743. The lowest BCUT2D eigenvalue weighted by Gasteiger charge is -2.36. The van der Waals surface area contributed by atoms with E-state index in [4.69, 9.17) is 0 Å². The maximum absolute atomic E-state index is 2.76. The lowest BCUT2D eigenvalue weighted by Crippen LogP contribution is -2.45. The van der Waals surface area contributed by atoms with Gasteiger partial charge in [-0.25, -0.2) is 0 Å². The summed E-state index contributed by atoms with van der Waals surface area (Å²) in [7, 11) is 0. The fraction of sp³-hybridized carbons (Fsp3) is 1.00. The van der Waals surface area contributed by atoms with Crippen LogP contribution in [0.3, 0.4) is 0 Å². The van der Waals surface area contributed by atoms with Gasteiger partial charge in [0, 0.05) is 18.6 Å². The zero-order valence-corrected chi connectivity index (χ0v) is 12.0. The summed E-state index contributed by atoms with van der Waals surface area (Å²) in [4.78, 5) is 5.48. The number of rotatable bonds is 4. The lowest BCUT2D eigenvalue weighted by atomic mass is 9.99. The Balaban J connectivity index is 1.82. The van der Waals surface area contributed by atoms with Gasteiger partial charge in [-0.05, 0) is 57.7 Å². The average molecular weight is 238 g/mol. The van der Waals surface area contributed by atoms with Gasteiger partial charge in [0.1, 0.15) is 0 Å². The molecule has 0 aromatic heterocycles. The number of likely N-dealkylation sites (N-methyl/N-ethyl adjacent to an activating group) is 1. The van der Waals surface area contributed by atoms with Crippen molar-refractivity contribution in [2.24, 2.45) is 5.92 Å². The molecule has 0 amide bonds. The average Bonchev–Trinajstić information content (AvgIpc) is 2.74. The Labute approximate surface area is 107 Å². The number of hydrogen-bond acceptors (Lipinski definition) is 2. The Hall–Kier alpha value is -0.0800. The van der Waals surface area contributed by atoms with Crippen LogP contribution in [0.15, 0.2) is 0 Å². The van der Waals surface area contributed by atoms with Gasteiger partial charge in [-0.15, -0.1) is 0 Å². The maximum Gasteiger partial charge on any atom is 0.0226 e. The minimum absolute atomic E-state index is 0.846. The summed E-state index contributed by atoms with van der Waals surface area (Å²) in [5, 5.41) is 0. The van der Waals surface area contributed by atoms with E-state index in [1.54, 1.807) is 0 Å². The SMILES string of the molecule is CCC1CCC(CN2CCC(C)CC2)N1CC. The number of likely N-dealkylation sites (tertiary alicyclic amines) is 2. The first-order valence-corrected chi connectivity index (χ1v) is 7.72. The molecular formula is C15H30N2. The molecule has 0 N–H and O–H groups in total. The molecule has 0 spiro atoms. The fourth-order valence-corrected chi connectivity index (χ4v) is 3.71. The van der Waals surface area contributed by atoms with Gasteiger partial charge in [0.2, 0.25) is 0 Å². The van der Waals surface area contributed by atoms with E-state index in [-0.39, 0.29) is 0 Å². The molecule has 2 nitrogen and oxygen atoms in total. The molecule has 2 unspecified atom stereocenters. The number of piperidine rings is 1. The van der Waals surface area contributed by atoms with E-state index < -0.39 is 0 Å². The van der Waals surface area contributed by atoms with E-state index in [1.807, 2.05) is 0 Å². The lowest BCUT2D eigenvalue weighted by molar-refractivity contribution is 0.121. The molecule has 0 saturated carbocycles. The molecule has 0 aromatic rings. The van der Waals surface area contributed by atoms with Crippen LogP contribution in [-0.4, -0.2) is 48.1 Å². The highest BCUT2D eigenvalue weighted by Crippen LogP contribution is 2.27. The van der Waals surface area contributed by atoms with Crippen molar-refractivity contribution in [3.05, 3.63) is 0 Å². The molecule has 0 aliphatic carbocycles. The molecule has 0 bridgehead atoms. The second-order valence-corrected chi connectivity index (χ2v) is 6.11. The predicted octanol–water partition coefficient (Wildman–Crippen LogP) is 2.98. The summed E-state index contributed by atoms with van der Waals surface area (Å²) < 4.78 is 0. The van der Waals surface area contributed by atoms with E-state index in [1.165, 1.54) is 58.3 Å². The van der Waals surface area contributed by atoms with Gasteiger partial charge in [0.15, 0.2) is 0 Å². The summed E-state index contributed by atoms with van der Waals surface area (Å²) in [6.45, 7) is 12.3. The Kier molecular flexibility index (Phi) is 4.87. The first kappa shape index (κ1) is 13.4. The Morgan fingerprint density at radius 3 is 2.18 bits per heavy atom. The van der Waals surface area contributed by atoms with Crippen LogP contribution in [0, 0.1) is 5.92 Å². The summed E-state index contributed by atoms with van der Waals surface area (Å²) in [5.41, 5.74) is 0. The van der Waals surface area contributed by atoms with Gasteiger partial charge >= 0.3 is 0 Å². The van der Waals surface area contributed by atoms with Crippen molar-refractivity contribution in [2.75, 3.05) is 26.2 Å². The van der Waals surface area contributed by atoms with Crippen molar-refractivity contribution in [1.29, 1.82) is 0 Å². The van der Waals surface area contributed by atoms with Crippen LogP contribution < -0.4 is 0 Å². The van der Waals surface area contributed by atoms with Gasteiger partial charge in [-0.1, -0.05) is 20.8 Å². The molecule has 2 aliphatic rings. The minimum atomic E-state index is 0.846. The van der Waals surface area contributed by atoms with Crippen LogP contribution in [-0.2, 0) is 0 Å². The molecule has 2 heterocycles. The zero-order valence-electron chi connectivity index (χ0n) is 12.0. The molecule has 17 heavy (non-hydrogen) atoms. The minimum Gasteiger partial charge on any atom is -0.302 e. The van der Waals surface area contributed by atoms with Crippen LogP contribution in [0.5, 0.6) is 0 Å². The summed E-state index contributed by atoms with van der Waals surface area (Å²) in [6.07, 6.45) is 7.02. The summed E-state index contributed by atoms with van der Waals surface area (Å²) in [6, 6.07) is 1.71. The van der Waals surface area contributed by atoms with Gasteiger partial charge in [-0.2, -0.15) is 0 Å². The molecular weight excluding hydrogens is 208 g/mol. The van der Waals surface area contributed by atoms with Gasteiger partial charge in [0.25, 0.3) is 0 Å². The Bertz CT molecular complexity index is 221. The van der Waals surface area contributed by atoms with Crippen LogP contribution in [0.1, 0.15) is 52.9 Å². The van der Waals surface area contributed by atoms with E-state index in [0.717, 1.165) is 18.0 Å². The number of nitrogens with zero attached hydrogens (tertiary/aromatic N) is 2. The number of hydrogen-bond donors (Lipinski definition) is 0. The van der Waals surface area contributed by atoms with Crippen LogP contribution in [0.25, 0.3) is 0 Å². The Morgan fingerprint density at radius 1 is 0.941 bits per heavy atom. The Morgan fingerprint density at radius 2 is 1.59 bits per heavy atom. The van der Waals surface area contributed by atoms with Crippen LogP contribution in [0.4, 0.5) is 0 Å². The molecule has 2 atom stereocenters. The van der Waals surface area contributed by atoms with E-state index in [0.29, 0.717) is 0 Å². The molecule has 0 aromatic carbocycles. The second kappa shape index (κ2) is 6.19. The zero-order chi connectivity index (χ0) is 12.3. The molecule has 2 saturated heterocycles. The molecule has 100 valence electrons. The van der Waals surface area contributed by atoms with Gasteiger partial charge in [-0.3, -0.25) is 4.90 Å². The fourth-order valence-electron chi connectivity index (χ4n) is 3.71. The van der Waals surface area contributed by atoms with E-state index in [9.17, 15) is 0 Å². The standard InChI is InChI=1S/C15H30N2/c1-4-14-6-7-15(17(14)5-2)12-16-10-8-13(3)9-11-16/h13-15H,4-12H2,1-3H3. The third-order valence-corrected chi connectivity index (χ3v) is 4.95.